The second-order valence-electron chi connectivity index (χ2n) is 5.55. The van der Waals surface area contributed by atoms with Crippen molar-refractivity contribution in [1.29, 1.82) is 0 Å². The van der Waals surface area contributed by atoms with Crippen LogP contribution < -0.4 is 11.5 Å². The van der Waals surface area contributed by atoms with Crippen molar-refractivity contribution < 1.29 is 9.90 Å². The molecule has 1 heterocycles. The average Bonchev–Trinajstić information content (AvgIpc) is 2.52. The van der Waals surface area contributed by atoms with Crippen LogP contribution in [0.5, 0.6) is 5.75 Å². The number of phenols is 1. The highest BCUT2D eigenvalue weighted by molar-refractivity contribution is 6.11. The van der Waals surface area contributed by atoms with Gasteiger partial charge in [-0.25, -0.2) is 0 Å². The predicted molar refractivity (Wildman–Crippen MR) is 91.2 cm³/mol. The molecule has 0 aliphatic rings. The summed E-state index contributed by atoms with van der Waals surface area (Å²) in [5.74, 6) is -0.427. The summed E-state index contributed by atoms with van der Waals surface area (Å²) in [6, 6.07) is 8.73. The third-order valence-electron chi connectivity index (χ3n) is 4.10. The average molecular weight is 307 g/mol. The maximum absolute atomic E-state index is 11.8. The number of phenolic OH excluding ortho intramolecular Hbond substituents is 1. The van der Waals surface area contributed by atoms with E-state index in [4.69, 9.17) is 11.5 Å². The van der Waals surface area contributed by atoms with E-state index in [9.17, 15) is 9.90 Å². The highest BCUT2D eigenvalue weighted by Crippen LogP contribution is 2.40. The molecule has 2 aromatic carbocycles. The summed E-state index contributed by atoms with van der Waals surface area (Å²) >= 11 is 0. The lowest BCUT2D eigenvalue weighted by atomic mass is 9.90. The van der Waals surface area contributed by atoms with Crippen molar-refractivity contribution in [2.45, 2.75) is 13.8 Å². The molecule has 0 unspecified atom stereocenters. The van der Waals surface area contributed by atoms with Crippen molar-refractivity contribution in [2.24, 2.45) is 5.73 Å². The van der Waals surface area contributed by atoms with Gasteiger partial charge >= 0.3 is 0 Å². The van der Waals surface area contributed by atoms with E-state index in [0.717, 1.165) is 16.5 Å². The number of amides is 1. The van der Waals surface area contributed by atoms with Crippen LogP contribution >= 0.6 is 0 Å². The van der Waals surface area contributed by atoms with Crippen LogP contribution in [0.2, 0.25) is 0 Å². The Morgan fingerprint density at radius 2 is 1.91 bits per heavy atom. The summed E-state index contributed by atoms with van der Waals surface area (Å²) < 4.78 is 0. The van der Waals surface area contributed by atoms with Crippen LogP contribution in [-0.4, -0.2) is 16.0 Å². The summed E-state index contributed by atoms with van der Waals surface area (Å²) in [5, 5.41) is 10.8. The van der Waals surface area contributed by atoms with Gasteiger partial charge in [-0.3, -0.25) is 9.78 Å². The molecule has 0 radical (unpaired) electrons. The minimum Gasteiger partial charge on any atom is -0.508 e. The van der Waals surface area contributed by atoms with Crippen molar-refractivity contribution in [3.05, 3.63) is 53.2 Å². The number of carbonyl (C=O) groups excluding carboxylic acids is 1. The van der Waals surface area contributed by atoms with Crippen LogP contribution in [0, 0.1) is 13.8 Å². The number of hydrogen-bond acceptors (Lipinski definition) is 4. The Labute approximate surface area is 133 Å². The number of anilines is 1. The van der Waals surface area contributed by atoms with Gasteiger partial charge in [-0.1, -0.05) is 12.1 Å². The molecular weight excluding hydrogens is 290 g/mol. The number of primary amides is 1. The smallest absolute Gasteiger partial charge is 0.250 e. The number of carbonyl (C=O) groups is 1. The Kier molecular flexibility index (Phi) is 3.41. The van der Waals surface area contributed by atoms with E-state index in [1.54, 1.807) is 24.4 Å². The van der Waals surface area contributed by atoms with Crippen LogP contribution in [0.3, 0.4) is 0 Å². The molecule has 0 atom stereocenters. The van der Waals surface area contributed by atoms with E-state index < -0.39 is 5.91 Å². The molecule has 3 rings (SSSR count). The SMILES string of the molecule is Cc1ccc(O)c(C)c1-c1c(N)c(C(N)=O)cc2cccnc12. The number of fused-ring (bicyclic) bond motifs is 1. The Hall–Kier alpha value is -3.08. The van der Waals surface area contributed by atoms with Gasteiger partial charge in [0, 0.05) is 17.1 Å². The molecule has 116 valence electrons. The highest BCUT2D eigenvalue weighted by atomic mass is 16.3. The Morgan fingerprint density at radius 1 is 1.17 bits per heavy atom. The van der Waals surface area contributed by atoms with Crippen LogP contribution in [0.15, 0.2) is 36.5 Å². The van der Waals surface area contributed by atoms with Crippen LogP contribution in [-0.2, 0) is 0 Å². The molecule has 0 saturated carbocycles. The fraction of sp³-hybridized carbons (Fsp3) is 0.111. The molecule has 5 nitrogen and oxygen atoms in total. The Balaban J connectivity index is 2.53. The molecule has 0 spiro atoms. The van der Waals surface area contributed by atoms with Crippen LogP contribution in [0.1, 0.15) is 21.5 Å². The van der Waals surface area contributed by atoms with Gasteiger partial charge in [0.05, 0.1) is 16.8 Å². The zero-order valence-corrected chi connectivity index (χ0v) is 12.9. The van der Waals surface area contributed by atoms with Gasteiger partial charge in [0.25, 0.3) is 5.91 Å². The first-order valence-corrected chi connectivity index (χ1v) is 7.18. The molecule has 0 aliphatic carbocycles. The minimum absolute atomic E-state index is 0.165. The standard InChI is InChI=1S/C18H17N3O2/c1-9-5-6-13(22)10(2)14(9)15-16(19)12(18(20)23)8-11-4-3-7-21-17(11)15/h3-8,22H,19H2,1-2H3,(H2,20,23). The van der Waals surface area contributed by atoms with Gasteiger partial charge in [-0.15, -0.1) is 0 Å². The summed E-state index contributed by atoms with van der Waals surface area (Å²) in [6.45, 7) is 3.73. The summed E-state index contributed by atoms with van der Waals surface area (Å²) in [5.41, 5.74) is 15.9. The third-order valence-corrected chi connectivity index (χ3v) is 4.10. The number of pyridine rings is 1. The topological polar surface area (TPSA) is 102 Å². The zero-order chi connectivity index (χ0) is 16.7. The number of aryl methyl sites for hydroxylation is 1. The number of rotatable bonds is 2. The summed E-state index contributed by atoms with van der Waals surface area (Å²) in [6.07, 6.45) is 1.67. The van der Waals surface area contributed by atoms with Crippen molar-refractivity contribution in [3.63, 3.8) is 0 Å². The largest absolute Gasteiger partial charge is 0.508 e. The number of nitrogens with two attached hydrogens (primary N) is 2. The molecular formula is C18H17N3O2. The first-order valence-electron chi connectivity index (χ1n) is 7.18. The maximum atomic E-state index is 11.8. The Bertz CT molecular complexity index is 949. The van der Waals surface area contributed by atoms with Crippen LogP contribution in [0.4, 0.5) is 5.69 Å². The fourth-order valence-corrected chi connectivity index (χ4v) is 2.92. The molecule has 0 fully saturated rings. The fourth-order valence-electron chi connectivity index (χ4n) is 2.92. The summed E-state index contributed by atoms with van der Waals surface area (Å²) in [7, 11) is 0. The lowest BCUT2D eigenvalue weighted by Gasteiger charge is -2.17. The number of hydrogen-bond donors (Lipinski definition) is 3. The van der Waals surface area contributed by atoms with E-state index in [0.29, 0.717) is 16.6 Å². The third kappa shape index (κ3) is 2.26. The number of nitrogen functional groups attached to an aromatic ring is 1. The predicted octanol–water partition coefficient (Wildman–Crippen LogP) is 2.91. The van der Waals surface area contributed by atoms with Gasteiger partial charge in [-0.2, -0.15) is 0 Å². The molecule has 23 heavy (non-hydrogen) atoms. The lowest BCUT2D eigenvalue weighted by molar-refractivity contribution is 0.100. The number of benzene rings is 2. The number of aromatic hydroxyl groups is 1. The monoisotopic (exact) mass is 307 g/mol. The van der Waals surface area contributed by atoms with Gasteiger partial charge < -0.3 is 16.6 Å². The molecule has 5 heteroatoms. The lowest BCUT2D eigenvalue weighted by Crippen LogP contribution is -2.14. The quantitative estimate of drug-likeness (QED) is 0.633. The second kappa shape index (κ2) is 5.28. The van der Waals surface area contributed by atoms with Gasteiger partial charge in [-0.05, 0) is 48.7 Å². The van der Waals surface area contributed by atoms with E-state index in [1.165, 1.54) is 0 Å². The normalized spacial score (nSPS) is 10.9. The number of aromatic nitrogens is 1. The zero-order valence-electron chi connectivity index (χ0n) is 12.9. The first kappa shape index (κ1) is 14.8. The molecule has 3 aromatic rings. The maximum Gasteiger partial charge on any atom is 0.250 e. The molecule has 0 saturated heterocycles. The van der Waals surface area contributed by atoms with Gasteiger partial charge in [0.2, 0.25) is 0 Å². The van der Waals surface area contributed by atoms with Crippen molar-refractivity contribution in [2.75, 3.05) is 5.73 Å². The minimum atomic E-state index is -0.593. The number of nitrogens with zero attached hydrogens (tertiary/aromatic N) is 1. The van der Waals surface area contributed by atoms with E-state index in [2.05, 4.69) is 4.98 Å². The van der Waals surface area contributed by atoms with Gasteiger partial charge in [0.1, 0.15) is 5.75 Å². The molecule has 1 aromatic heterocycles. The highest BCUT2D eigenvalue weighted by Gasteiger charge is 2.20. The molecule has 5 N–H and O–H groups in total. The molecule has 1 amide bonds. The van der Waals surface area contributed by atoms with E-state index >= 15 is 0 Å². The van der Waals surface area contributed by atoms with Crippen molar-refractivity contribution in [3.8, 4) is 16.9 Å². The van der Waals surface area contributed by atoms with E-state index in [-0.39, 0.29) is 17.0 Å². The second-order valence-corrected chi connectivity index (χ2v) is 5.55. The molecule has 0 bridgehead atoms. The van der Waals surface area contributed by atoms with Crippen LogP contribution in [0.25, 0.3) is 22.0 Å². The molecule has 0 aliphatic heterocycles. The van der Waals surface area contributed by atoms with Crippen molar-refractivity contribution >= 4 is 22.5 Å². The van der Waals surface area contributed by atoms with Gasteiger partial charge in [0.15, 0.2) is 0 Å². The first-order chi connectivity index (χ1) is 10.9. The summed E-state index contributed by atoms with van der Waals surface area (Å²) in [4.78, 5) is 16.2. The Morgan fingerprint density at radius 3 is 2.61 bits per heavy atom. The van der Waals surface area contributed by atoms with Crippen molar-refractivity contribution in [1.82, 2.24) is 4.98 Å². The van der Waals surface area contributed by atoms with E-state index in [1.807, 2.05) is 26.0 Å².